The number of likely N-dealkylation sites (N-methyl/N-ethyl adjacent to an activating group) is 1. The van der Waals surface area contributed by atoms with Crippen LogP contribution in [0.4, 0.5) is 0 Å². The van der Waals surface area contributed by atoms with E-state index < -0.39 is 0 Å². The molecule has 4 aliphatic carbocycles. The first-order valence-electron chi connectivity index (χ1n) is 11.8. The van der Waals surface area contributed by atoms with Gasteiger partial charge in [0.1, 0.15) is 6.04 Å². The minimum absolute atomic E-state index is 0.0265. The highest BCUT2D eigenvalue weighted by Gasteiger charge is 2.48. The Hall–Kier alpha value is -1.89. The number of nitrogens with zero attached hydrogens (tertiary/aromatic N) is 2. The molecular formula is C24H37N3O4. The first-order chi connectivity index (χ1) is 14.9. The fraction of sp³-hybridized carbons (Fsp3) is 0.792. The molecule has 4 fully saturated rings. The summed E-state index contributed by atoms with van der Waals surface area (Å²) in [6, 6.07) is -0.382. The average Bonchev–Trinajstić information content (AvgIpc) is 3.24. The standard InChI is InChI=1S/C24H37N3O4/c1-15(13-31-24(29)22(27(2)3)9-20-11-25-14-26-20)12-30-23(28)10-21-18-5-16-4-17(7-18)8-19(21)6-16/h11,14-19,21-22H,4-10,12-13H2,1-3H3,(H,25,26)/t15?,16?,17?,18?,19?,21?,22-/m0/s1. The maximum Gasteiger partial charge on any atom is 0.323 e. The molecule has 7 heteroatoms. The highest BCUT2D eigenvalue weighted by molar-refractivity contribution is 5.76. The Balaban J connectivity index is 1.17. The van der Waals surface area contributed by atoms with Gasteiger partial charge in [0.2, 0.25) is 0 Å². The number of aromatic nitrogens is 2. The van der Waals surface area contributed by atoms with Crippen LogP contribution >= 0.6 is 0 Å². The average molecular weight is 432 g/mol. The third-order valence-corrected chi connectivity index (χ3v) is 7.73. The van der Waals surface area contributed by atoms with Gasteiger partial charge in [-0.25, -0.2) is 4.98 Å². The summed E-state index contributed by atoms with van der Waals surface area (Å²) in [4.78, 5) is 33.9. The second kappa shape index (κ2) is 9.72. The lowest BCUT2D eigenvalue weighted by atomic mass is 9.51. The van der Waals surface area contributed by atoms with E-state index in [-0.39, 0.29) is 30.5 Å². The first-order valence-corrected chi connectivity index (χ1v) is 11.8. The molecule has 0 amide bonds. The zero-order valence-electron chi connectivity index (χ0n) is 19.1. The fourth-order valence-corrected chi connectivity index (χ4v) is 6.31. The molecule has 1 aromatic heterocycles. The number of nitrogens with one attached hydrogen (secondary N) is 1. The molecule has 7 nitrogen and oxygen atoms in total. The van der Waals surface area contributed by atoms with Gasteiger partial charge < -0.3 is 14.5 Å². The molecule has 1 aromatic rings. The predicted octanol–water partition coefficient (Wildman–Crippen LogP) is 3.07. The van der Waals surface area contributed by atoms with Crippen molar-refractivity contribution in [1.82, 2.24) is 14.9 Å². The maximum atomic E-state index is 12.6. The molecule has 0 aliphatic heterocycles. The van der Waals surface area contributed by atoms with Crippen molar-refractivity contribution in [3.8, 4) is 0 Å². The summed E-state index contributed by atoms with van der Waals surface area (Å²) >= 11 is 0. The van der Waals surface area contributed by atoms with Crippen LogP contribution in [0, 0.1) is 35.5 Å². The van der Waals surface area contributed by atoms with E-state index in [1.807, 2.05) is 25.9 Å². The number of carbonyl (C=O) groups excluding carboxylic acids is 2. The molecule has 1 unspecified atom stereocenters. The Kier molecular flexibility index (Phi) is 6.99. The number of carbonyl (C=O) groups is 2. The number of H-pyrrole nitrogens is 1. The van der Waals surface area contributed by atoms with Gasteiger partial charge in [0.05, 0.1) is 19.5 Å². The van der Waals surface area contributed by atoms with E-state index in [2.05, 4.69) is 9.97 Å². The summed E-state index contributed by atoms with van der Waals surface area (Å²) in [6.45, 7) is 2.49. The number of ether oxygens (including phenoxy) is 2. The van der Waals surface area contributed by atoms with Crippen LogP contribution in [0.25, 0.3) is 0 Å². The van der Waals surface area contributed by atoms with E-state index in [0.717, 1.165) is 29.4 Å². The van der Waals surface area contributed by atoms with Crippen molar-refractivity contribution in [2.45, 2.75) is 57.9 Å². The normalized spacial score (nSPS) is 30.9. The lowest BCUT2D eigenvalue weighted by molar-refractivity contribution is -0.154. The SMILES string of the molecule is CC(COC(=O)CC1C2CC3CC(C2)CC1C3)COC(=O)[C@H](Cc1cnc[nH]1)N(C)C. The molecule has 0 saturated heterocycles. The molecule has 4 aliphatic rings. The first kappa shape index (κ1) is 22.3. The number of rotatable bonds is 10. The van der Waals surface area contributed by atoms with Gasteiger partial charge in [-0.15, -0.1) is 0 Å². The monoisotopic (exact) mass is 431 g/mol. The minimum Gasteiger partial charge on any atom is -0.465 e. The molecule has 1 heterocycles. The summed E-state index contributed by atoms with van der Waals surface area (Å²) in [5.74, 6) is 3.46. The molecule has 172 valence electrons. The van der Waals surface area contributed by atoms with Crippen molar-refractivity contribution >= 4 is 11.9 Å². The highest BCUT2D eigenvalue weighted by Crippen LogP contribution is 2.57. The van der Waals surface area contributed by atoms with Gasteiger partial charge in [-0.2, -0.15) is 0 Å². The number of hydrogen-bond donors (Lipinski definition) is 1. The van der Waals surface area contributed by atoms with Gasteiger partial charge in [0.25, 0.3) is 0 Å². The van der Waals surface area contributed by atoms with Crippen LogP contribution in [0.2, 0.25) is 0 Å². The van der Waals surface area contributed by atoms with E-state index in [4.69, 9.17) is 9.47 Å². The number of imidazole rings is 1. The quantitative estimate of drug-likeness (QED) is 0.573. The summed E-state index contributed by atoms with van der Waals surface area (Å²) in [5.41, 5.74) is 0.891. The summed E-state index contributed by atoms with van der Waals surface area (Å²) < 4.78 is 11.1. The summed E-state index contributed by atoms with van der Waals surface area (Å²) in [6.07, 6.45) is 11.1. The molecule has 2 atom stereocenters. The summed E-state index contributed by atoms with van der Waals surface area (Å²) in [5, 5.41) is 0. The van der Waals surface area contributed by atoms with Crippen molar-refractivity contribution in [3.05, 3.63) is 18.2 Å². The molecule has 0 spiro atoms. The van der Waals surface area contributed by atoms with E-state index in [0.29, 0.717) is 25.4 Å². The van der Waals surface area contributed by atoms with Crippen molar-refractivity contribution in [3.63, 3.8) is 0 Å². The molecule has 1 N–H and O–H groups in total. The van der Waals surface area contributed by atoms with Crippen LogP contribution in [0.3, 0.4) is 0 Å². The second-order valence-electron chi connectivity index (χ2n) is 10.5. The van der Waals surface area contributed by atoms with E-state index >= 15 is 0 Å². The lowest BCUT2D eigenvalue weighted by Gasteiger charge is -2.54. The third-order valence-electron chi connectivity index (χ3n) is 7.73. The van der Waals surface area contributed by atoms with Gasteiger partial charge in [0, 0.05) is 30.7 Å². The van der Waals surface area contributed by atoms with Crippen molar-refractivity contribution < 1.29 is 19.1 Å². The molecule has 4 bridgehead atoms. The number of esters is 2. The molecular weight excluding hydrogens is 394 g/mol. The van der Waals surface area contributed by atoms with E-state index in [1.165, 1.54) is 32.1 Å². The largest absolute Gasteiger partial charge is 0.465 e. The Labute approximate surface area is 185 Å². The maximum absolute atomic E-state index is 12.6. The number of aromatic amines is 1. The van der Waals surface area contributed by atoms with Crippen molar-refractivity contribution in [1.29, 1.82) is 0 Å². The van der Waals surface area contributed by atoms with Gasteiger partial charge in [-0.1, -0.05) is 6.92 Å². The van der Waals surface area contributed by atoms with E-state index in [1.54, 1.807) is 12.5 Å². The molecule has 31 heavy (non-hydrogen) atoms. The highest BCUT2D eigenvalue weighted by atomic mass is 16.5. The second-order valence-corrected chi connectivity index (χ2v) is 10.5. The fourth-order valence-electron chi connectivity index (χ4n) is 6.31. The molecule has 0 radical (unpaired) electrons. The number of hydrogen-bond acceptors (Lipinski definition) is 6. The minimum atomic E-state index is -0.382. The molecule has 0 aromatic carbocycles. The van der Waals surface area contributed by atoms with E-state index in [9.17, 15) is 9.59 Å². The van der Waals surface area contributed by atoms with Gasteiger partial charge in [-0.3, -0.25) is 14.5 Å². The smallest absolute Gasteiger partial charge is 0.323 e. The van der Waals surface area contributed by atoms with Crippen LogP contribution in [0.5, 0.6) is 0 Å². The summed E-state index contributed by atoms with van der Waals surface area (Å²) in [7, 11) is 3.72. The Morgan fingerprint density at radius 1 is 1.10 bits per heavy atom. The van der Waals surface area contributed by atoms with Crippen molar-refractivity contribution in [2.75, 3.05) is 27.3 Å². The van der Waals surface area contributed by atoms with Crippen LogP contribution in [-0.2, 0) is 25.5 Å². The Morgan fingerprint density at radius 3 is 2.32 bits per heavy atom. The molecule has 4 saturated carbocycles. The van der Waals surface area contributed by atoms with Crippen LogP contribution in [-0.4, -0.2) is 60.2 Å². The van der Waals surface area contributed by atoms with Gasteiger partial charge >= 0.3 is 11.9 Å². The van der Waals surface area contributed by atoms with Gasteiger partial charge in [0.15, 0.2) is 0 Å². The van der Waals surface area contributed by atoms with Gasteiger partial charge in [-0.05, 0) is 75.8 Å². The predicted molar refractivity (Wildman–Crippen MR) is 116 cm³/mol. The Morgan fingerprint density at radius 2 is 1.74 bits per heavy atom. The zero-order valence-corrected chi connectivity index (χ0v) is 19.1. The zero-order chi connectivity index (χ0) is 22.0. The lowest BCUT2D eigenvalue weighted by Crippen LogP contribution is -2.45. The van der Waals surface area contributed by atoms with Crippen LogP contribution in [0.15, 0.2) is 12.5 Å². The topological polar surface area (TPSA) is 84.5 Å². The van der Waals surface area contributed by atoms with Crippen molar-refractivity contribution in [2.24, 2.45) is 35.5 Å². The van der Waals surface area contributed by atoms with Crippen LogP contribution in [0.1, 0.15) is 51.1 Å². The Bertz CT molecular complexity index is 720. The molecule has 5 rings (SSSR count). The third kappa shape index (κ3) is 5.48. The van der Waals surface area contributed by atoms with Crippen LogP contribution < -0.4 is 0 Å².